The van der Waals surface area contributed by atoms with E-state index in [1.807, 2.05) is 0 Å². The summed E-state index contributed by atoms with van der Waals surface area (Å²) in [6.45, 7) is 9.55. The van der Waals surface area contributed by atoms with Crippen LogP contribution in [0.3, 0.4) is 0 Å². The van der Waals surface area contributed by atoms with Crippen LogP contribution in [0.25, 0.3) is 0 Å². The smallest absolute Gasteiger partial charge is 0.0579 e. The summed E-state index contributed by atoms with van der Waals surface area (Å²) in [5.74, 6) is 1.84. The topological polar surface area (TPSA) is 9.23 Å². The summed E-state index contributed by atoms with van der Waals surface area (Å²) in [6, 6.07) is 0. The fraction of sp³-hybridized carbons (Fsp3) is 1.00. The van der Waals surface area contributed by atoms with Crippen LogP contribution >= 0.6 is 0 Å². The number of ether oxygens (including phenoxy) is 1. The Morgan fingerprint density at radius 2 is 1.17 bits per heavy atom. The molecule has 0 heterocycles. The molecule has 0 atom stereocenters. The van der Waals surface area contributed by atoms with E-state index in [4.69, 9.17) is 4.74 Å². The Bertz CT molecular complexity index is 237. The Hall–Kier alpha value is -0.0400. The van der Waals surface area contributed by atoms with Crippen molar-refractivity contribution in [3.05, 3.63) is 0 Å². The lowest BCUT2D eigenvalue weighted by atomic mass is 9.72. The lowest BCUT2D eigenvalue weighted by Gasteiger charge is -2.38. The zero-order valence-corrected chi connectivity index (χ0v) is 12.9. The quantitative estimate of drug-likeness (QED) is 0.657. The molecule has 0 radical (unpaired) electrons. The van der Waals surface area contributed by atoms with E-state index < -0.39 is 0 Å². The highest BCUT2D eigenvalue weighted by molar-refractivity contribution is 4.82. The molecule has 0 aliphatic heterocycles. The van der Waals surface area contributed by atoms with E-state index in [0.717, 1.165) is 11.8 Å². The van der Waals surface area contributed by atoms with Crippen molar-refractivity contribution >= 4 is 0 Å². The van der Waals surface area contributed by atoms with E-state index in [1.165, 1.54) is 51.4 Å². The maximum atomic E-state index is 6.34. The average molecular weight is 252 g/mol. The molecule has 0 N–H and O–H groups in total. The monoisotopic (exact) mass is 252 g/mol. The third-order valence-electron chi connectivity index (χ3n) is 5.25. The highest BCUT2D eigenvalue weighted by atomic mass is 16.5. The van der Waals surface area contributed by atoms with E-state index in [9.17, 15) is 0 Å². The van der Waals surface area contributed by atoms with Crippen LogP contribution in [0, 0.1) is 17.3 Å². The van der Waals surface area contributed by atoms with Crippen molar-refractivity contribution in [3.63, 3.8) is 0 Å². The van der Waals surface area contributed by atoms with Crippen molar-refractivity contribution in [3.8, 4) is 0 Å². The fourth-order valence-corrected chi connectivity index (χ4v) is 3.70. The molecule has 2 saturated carbocycles. The van der Waals surface area contributed by atoms with Gasteiger partial charge in [-0.25, -0.2) is 0 Å². The summed E-state index contributed by atoms with van der Waals surface area (Å²) in [6.07, 6.45) is 11.9. The van der Waals surface area contributed by atoms with E-state index in [-0.39, 0.29) is 0 Å². The van der Waals surface area contributed by atoms with Gasteiger partial charge >= 0.3 is 0 Å². The van der Waals surface area contributed by atoms with Gasteiger partial charge < -0.3 is 4.74 Å². The average Bonchev–Trinajstić information content (AvgIpc) is 2.32. The van der Waals surface area contributed by atoms with Gasteiger partial charge in [-0.3, -0.25) is 0 Å². The molecule has 18 heavy (non-hydrogen) atoms. The van der Waals surface area contributed by atoms with Crippen LogP contribution in [-0.2, 0) is 4.74 Å². The summed E-state index contributed by atoms with van der Waals surface area (Å²) in [4.78, 5) is 0. The molecule has 2 aliphatic rings. The third kappa shape index (κ3) is 3.98. The van der Waals surface area contributed by atoms with E-state index in [0.29, 0.717) is 17.6 Å². The first-order valence-electron chi connectivity index (χ1n) is 8.10. The van der Waals surface area contributed by atoms with E-state index in [1.54, 1.807) is 0 Å². The number of hydrogen-bond acceptors (Lipinski definition) is 1. The summed E-state index contributed by atoms with van der Waals surface area (Å²) in [7, 11) is 0. The molecule has 0 saturated heterocycles. The Balaban J connectivity index is 1.70. The fourth-order valence-electron chi connectivity index (χ4n) is 3.70. The second-order valence-electron chi connectivity index (χ2n) is 7.86. The molecule has 0 aromatic rings. The SMILES string of the molecule is CC1CCC(OC2CCC(C(C)(C)C)CC2)CC1. The van der Waals surface area contributed by atoms with Crippen molar-refractivity contribution < 1.29 is 4.74 Å². The molecular weight excluding hydrogens is 220 g/mol. The molecule has 0 spiro atoms. The maximum Gasteiger partial charge on any atom is 0.0579 e. The Kier molecular flexibility index (Phi) is 4.75. The maximum absolute atomic E-state index is 6.34. The molecule has 0 bridgehead atoms. The standard InChI is InChI=1S/C17H32O/c1-13-5-9-15(10-6-13)18-16-11-7-14(8-12-16)17(2,3)4/h13-16H,5-12H2,1-4H3. The van der Waals surface area contributed by atoms with Gasteiger partial charge in [0.15, 0.2) is 0 Å². The minimum Gasteiger partial charge on any atom is -0.375 e. The lowest BCUT2D eigenvalue weighted by molar-refractivity contribution is -0.0616. The predicted octanol–water partition coefficient (Wildman–Crippen LogP) is 5.19. The normalized spacial score (nSPS) is 38.7. The van der Waals surface area contributed by atoms with Crippen LogP contribution in [0.15, 0.2) is 0 Å². The second kappa shape index (κ2) is 5.94. The molecular formula is C17H32O. The zero-order chi connectivity index (χ0) is 13.2. The van der Waals surface area contributed by atoms with Gasteiger partial charge in [-0.15, -0.1) is 0 Å². The molecule has 0 unspecified atom stereocenters. The minimum absolute atomic E-state index is 0.491. The Morgan fingerprint density at radius 1 is 0.722 bits per heavy atom. The molecule has 2 rings (SSSR count). The number of hydrogen-bond donors (Lipinski definition) is 0. The molecule has 1 heteroatoms. The van der Waals surface area contributed by atoms with Gasteiger partial charge in [0, 0.05) is 0 Å². The van der Waals surface area contributed by atoms with Crippen LogP contribution in [0.5, 0.6) is 0 Å². The van der Waals surface area contributed by atoms with Crippen LogP contribution in [0.4, 0.5) is 0 Å². The lowest BCUT2D eigenvalue weighted by Crippen LogP contribution is -2.32. The van der Waals surface area contributed by atoms with E-state index in [2.05, 4.69) is 27.7 Å². The first kappa shape index (κ1) is 14.4. The van der Waals surface area contributed by atoms with Gasteiger partial charge in [-0.05, 0) is 68.6 Å². The van der Waals surface area contributed by atoms with Crippen LogP contribution in [0.1, 0.15) is 79.1 Å². The second-order valence-corrected chi connectivity index (χ2v) is 7.86. The zero-order valence-electron chi connectivity index (χ0n) is 12.9. The van der Waals surface area contributed by atoms with Crippen LogP contribution in [0.2, 0.25) is 0 Å². The van der Waals surface area contributed by atoms with Crippen molar-refractivity contribution in [1.29, 1.82) is 0 Å². The van der Waals surface area contributed by atoms with Crippen LogP contribution < -0.4 is 0 Å². The summed E-state index contributed by atoms with van der Waals surface area (Å²) in [5, 5.41) is 0. The Labute approximate surface area is 114 Å². The molecule has 0 amide bonds. The summed E-state index contributed by atoms with van der Waals surface area (Å²) in [5.41, 5.74) is 0.491. The molecule has 1 nitrogen and oxygen atoms in total. The van der Waals surface area contributed by atoms with Crippen molar-refractivity contribution in [1.82, 2.24) is 0 Å². The van der Waals surface area contributed by atoms with Crippen molar-refractivity contribution in [2.24, 2.45) is 17.3 Å². The summed E-state index contributed by atoms with van der Waals surface area (Å²) < 4.78 is 6.34. The minimum atomic E-state index is 0.491. The van der Waals surface area contributed by atoms with Gasteiger partial charge in [0.25, 0.3) is 0 Å². The van der Waals surface area contributed by atoms with Crippen molar-refractivity contribution in [2.45, 2.75) is 91.3 Å². The molecule has 2 aliphatic carbocycles. The number of rotatable bonds is 2. The first-order valence-corrected chi connectivity index (χ1v) is 8.10. The van der Waals surface area contributed by atoms with E-state index >= 15 is 0 Å². The Morgan fingerprint density at radius 3 is 1.61 bits per heavy atom. The third-order valence-corrected chi connectivity index (χ3v) is 5.25. The van der Waals surface area contributed by atoms with Gasteiger partial charge in [0.05, 0.1) is 12.2 Å². The molecule has 106 valence electrons. The van der Waals surface area contributed by atoms with Gasteiger partial charge in [0.1, 0.15) is 0 Å². The summed E-state index contributed by atoms with van der Waals surface area (Å²) >= 11 is 0. The van der Waals surface area contributed by atoms with Crippen molar-refractivity contribution in [2.75, 3.05) is 0 Å². The van der Waals surface area contributed by atoms with Gasteiger partial charge in [-0.2, -0.15) is 0 Å². The molecule has 2 fully saturated rings. The first-order chi connectivity index (χ1) is 8.45. The van der Waals surface area contributed by atoms with Gasteiger partial charge in [0.2, 0.25) is 0 Å². The largest absolute Gasteiger partial charge is 0.375 e. The van der Waals surface area contributed by atoms with Crippen LogP contribution in [-0.4, -0.2) is 12.2 Å². The molecule has 0 aromatic heterocycles. The highest BCUT2D eigenvalue weighted by Crippen LogP contribution is 2.39. The predicted molar refractivity (Wildman–Crippen MR) is 77.7 cm³/mol. The highest BCUT2D eigenvalue weighted by Gasteiger charge is 2.31. The van der Waals surface area contributed by atoms with Gasteiger partial charge in [-0.1, -0.05) is 27.7 Å². The molecule has 0 aromatic carbocycles.